The second-order valence-corrected chi connectivity index (χ2v) is 5.64. The average Bonchev–Trinajstić information content (AvgIpc) is 2.41. The van der Waals surface area contributed by atoms with Crippen LogP contribution in [0.2, 0.25) is 0 Å². The van der Waals surface area contributed by atoms with Crippen molar-refractivity contribution in [3.8, 4) is 5.75 Å². The van der Waals surface area contributed by atoms with Crippen LogP contribution in [0.3, 0.4) is 0 Å². The third kappa shape index (κ3) is 4.68. The fourth-order valence-electron chi connectivity index (χ4n) is 1.55. The summed E-state index contributed by atoms with van der Waals surface area (Å²) in [5.74, 6) is 0.605. The summed E-state index contributed by atoms with van der Waals surface area (Å²) in [6.45, 7) is 5.97. The summed E-state index contributed by atoms with van der Waals surface area (Å²) >= 11 is 3.36. The standard InChI is InChI=1S/C14H21BrN2O3/c1-4-14(3,9-18)17-13(19)16-11-8-10(15)6-7-12(11)20-5-2/h6-8,18H,4-5,9H2,1-3H3,(H2,16,17,19). The predicted molar refractivity (Wildman–Crippen MR) is 83.2 cm³/mol. The van der Waals surface area contributed by atoms with Crippen LogP contribution in [0.1, 0.15) is 27.2 Å². The number of hydrogen-bond donors (Lipinski definition) is 3. The molecular formula is C14H21BrN2O3. The number of benzene rings is 1. The van der Waals surface area contributed by atoms with E-state index in [2.05, 4.69) is 26.6 Å². The van der Waals surface area contributed by atoms with Crippen molar-refractivity contribution in [2.24, 2.45) is 0 Å². The first kappa shape index (κ1) is 16.8. The quantitative estimate of drug-likeness (QED) is 0.742. The van der Waals surface area contributed by atoms with Gasteiger partial charge in [0.25, 0.3) is 0 Å². The van der Waals surface area contributed by atoms with Crippen LogP contribution >= 0.6 is 15.9 Å². The lowest BCUT2D eigenvalue weighted by Gasteiger charge is -2.27. The fourth-order valence-corrected chi connectivity index (χ4v) is 1.91. The number of ether oxygens (including phenoxy) is 1. The Bertz CT molecular complexity index is 462. The van der Waals surface area contributed by atoms with Crippen LogP contribution in [0.15, 0.2) is 22.7 Å². The van der Waals surface area contributed by atoms with E-state index in [0.29, 0.717) is 24.5 Å². The van der Waals surface area contributed by atoms with E-state index in [1.807, 2.05) is 19.9 Å². The van der Waals surface area contributed by atoms with Gasteiger partial charge in [-0.05, 0) is 38.5 Å². The Balaban J connectivity index is 2.82. The number of rotatable bonds is 6. The van der Waals surface area contributed by atoms with Gasteiger partial charge in [0, 0.05) is 4.47 Å². The highest BCUT2D eigenvalue weighted by atomic mass is 79.9. The molecule has 1 aromatic carbocycles. The molecule has 5 nitrogen and oxygen atoms in total. The minimum atomic E-state index is -0.637. The minimum absolute atomic E-state index is 0.117. The maximum atomic E-state index is 12.0. The highest BCUT2D eigenvalue weighted by Gasteiger charge is 2.23. The Kier molecular flexibility index (Phi) is 6.29. The van der Waals surface area contributed by atoms with Gasteiger partial charge in [-0.2, -0.15) is 0 Å². The van der Waals surface area contributed by atoms with E-state index in [-0.39, 0.29) is 12.6 Å². The molecule has 3 N–H and O–H groups in total. The van der Waals surface area contributed by atoms with E-state index in [4.69, 9.17) is 4.74 Å². The van der Waals surface area contributed by atoms with E-state index >= 15 is 0 Å². The van der Waals surface area contributed by atoms with Crippen molar-refractivity contribution in [2.45, 2.75) is 32.7 Å². The van der Waals surface area contributed by atoms with Crippen LogP contribution in [-0.2, 0) is 0 Å². The van der Waals surface area contributed by atoms with Gasteiger partial charge in [-0.1, -0.05) is 22.9 Å². The van der Waals surface area contributed by atoms with Gasteiger partial charge in [0.05, 0.1) is 24.4 Å². The first-order valence-corrected chi connectivity index (χ1v) is 7.35. The number of hydrogen-bond acceptors (Lipinski definition) is 3. The van der Waals surface area contributed by atoms with Gasteiger partial charge >= 0.3 is 6.03 Å². The summed E-state index contributed by atoms with van der Waals surface area (Å²) in [6, 6.07) is 5.03. The number of carbonyl (C=O) groups is 1. The van der Waals surface area contributed by atoms with Crippen molar-refractivity contribution in [1.82, 2.24) is 5.32 Å². The number of halogens is 1. The average molecular weight is 345 g/mol. The maximum absolute atomic E-state index is 12.0. The number of amides is 2. The summed E-state index contributed by atoms with van der Waals surface area (Å²) < 4.78 is 6.31. The Hall–Kier alpha value is -1.27. The topological polar surface area (TPSA) is 70.6 Å². The SMILES string of the molecule is CCOc1ccc(Br)cc1NC(=O)NC(C)(CC)CO. The molecule has 1 rings (SSSR count). The van der Waals surface area contributed by atoms with Crippen LogP contribution in [0, 0.1) is 0 Å². The number of aliphatic hydroxyl groups excluding tert-OH is 1. The van der Waals surface area contributed by atoms with Gasteiger partial charge in [0.1, 0.15) is 5.75 Å². The third-order valence-electron chi connectivity index (χ3n) is 3.03. The molecule has 0 aliphatic carbocycles. The highest BCUT2D eigenvalue weighted by molar-refractivity contribution is 9.10. The summed E-state index contributed by atoms with van der Waals surface area (Å²) in [5, 5.41) is 14.8. The fraction of sp³-hybridized carbons (Fsp3) is 0.500. The third-order valence-corrected chi connectivity index (χ3v) is 3.53. The Labute approximate surface area is 127 Å². The molecule has 20 heavy (non-hydrogen) atoms. The van der Waals surface area contributed by atoms with Gasteiger partial charge in [-0.3, -0.25) is 0 Å². The molecule has 1 aromatic rings. The van der Waals surface area contributed by atoms with Crippen LogP contribution in [0.25, 0.3) is 0 Å². The highest BCUT2D eigenvalue weighted by Crippen LogP contribution is 2.28. The number of aliphatic hydroxyl groups is 1. The van der Waals surface area contributed by atoms with Crippen molar-refractivity contribution >= 4 is 27.6 Å². The first-order chi connectivity index (χ1) is 9.44. The number of anilines is 1. The lowest BCUT2D eigenvalue weighted by Crippen LogP contribution is -2.50. The summed E-state index contributed by atoms with van der Waals surface area (Å²) in [7, 11) is 0. The summed E-state index contributed by atoms with van der Waals surface area (Å²) in [5.41, 5.74) is -0.0582. The van der Waals surface area contributed by atoms with Crippen molar-refractivity contribution < 1.29 is 14.6 Å². The van der Waals surface area contributed by atoms with Crippen LogP contribution in [-0.4, -0.2) is 29.9 Å². The molecule has 0 aliphatic rings. The van der Waals surface area contributed by atoms with Gasteiger partial charge in [-0.25, -0.2) is 4.79 Å². The van der Waals surface area contributed by atoms with Gasteiger partial charge in [0.15, 0.2) is 0 Å². The molecule has 0 bridgehead atoms. The maximum Gasteiger partial charge on any atom is 0.319 e. The largest absolute Gasteiger partial charge is 0.492 e. The van der Waals surface area contributed by atoms with Crippen molar-refractivity contribution in [1.29, 1.82) is 0 Å². The molecular weight excluding hydrogens is 324 g/mol. The van der Waals surface area contributed by atoms with Gasteiger partial charge < -0.3 is 20.5 Å². The van der Waals surface area contributed by atoms with Crippen LogP contribution in [0.5, 0.6) is 5.75 Å². The van der Waals surface area contributed by atoms with E-state index in [0.717, 1.165) is 4.47 Å². The van der Waals surface area contributed by atoms with Crippen molar-refractivity contribution in [3.63, 3.8) is 0 Å². The lowest BCUT2D eigenvalue weighted by atomic mass is 10.0. The smallest absolute Gasteiger partial charge is 0.319 e. The molecule has 0 heterocycles. The number of nitrogens with one attached hydrogen (secondary N) is 2. The van der Waals surface area contributed by atoms with E-state index in [1.54, 1.807) is 19.1 Å². The molecule has 0 fully saturated rings. The molecule has 6 heteroatoms. The molecule has 0 spiro atoms. The molecule has 0 aliphatic heterocycles. The van der Waals surface area contributed by atoms with E-state index in [1.165, 1.54) is 0 Å². The minimum Gasteiger partial charge on any atom is -0.492 e. The molecule has 1 unspecified atom stereocenters. The van der Waals surface area contributed by atoms with E-state index < -0.39 is 5.54 Å². The Morgan fingerprint density at radius 3 is 2.70 bits per heavy atom. The number of carbonyl (C=O) groups excluding carboxylic acids is 1. The van der Waals surface area contributed by atoms with Gasteiger partial charge in [0.2, 0.25) is 0 Å². The first-order valence-electron chi connectivity index (χ1n) is 6.56. The zero-order valence-electron chi connectivity index (χ0n) is 12.0. The van der Waals surface area contributed by atoms with Crippen LogP contribution < -0.4 is 15.4 Å². The second kappa shape index (κ2) is 7.50. The summed E-state index contributed by atoms with van der Waals surface area (Å²) in [4.78, 5) is 12.0. The summed E-state index contributed by atoms with van der Waals surface area (Å²) in [6.07, 6.45) is 0.633. The normalized spacial score (nSPS) is 13.4. The molecule has 0 saturated carbocycles. The molecule has 0 aromatic heterocycles. The molecule has 1 atom stereocenters. The Morgan fingerprint density at radius 1 is 1.45 bits per heavy atom. The Morgan fingerprint density at radius 2 is 2.15 bits per heavy atom. The van der Waals surface area contributed by atoms with Crippen LogP contribution in [0.4, 0.5) is 10.5 Å². The predicted octanol–water partition coefficient (Wildman–Crippen LogP) is 3.13. The zero-order valence-corrected chi connectivity index (χ0v) is 13.6. The van der Waals surface area contributed by atoms with Crippen molar-refractivity contribution in [2.75, 3.05) is 18.5 Å². The second-order valence-electron chi connectivity index (χ2n) is 4.72. The van der Waals surface area contributed by atoms with Gasteiger partial charge in [-0.15, -0.1) is 0 Å². The molecule has 2 amide bonds. The number of urea groups is 1. The zero-order chi connectivity index (χ0) is 15.2. The monoisotopic (exact) mass is 344 g/mol. The van der Waals surface area contributed by atoms with E-state index in [9.17, 15) is 9.90 Å². The lowest BCUT2D eigenvalue weighted by molar-refractivity contribution is 0.172. The van der Waals surface area contributed by atoms with Crippen molar-refractivity contribution in [3.05, 3.63) is 22.7 Å². The molecule has 112 valence electrons. The molecule has 0 radical (unpaired) electrons. The molecule has 0 saturated heterocycles.